The number of nitrogens with zero attached hydrogens (tertiary/aromatic N) is 2. The van der Waals surface area contributed by atoms with E-state index in [0.29, 0.717) is 12.6 Å². The van der Waals surface area contributed by atoms with Crippen LogP contribution in [0.2, 0.25) is 0 Å². The van der Waals surface area contributed by atoms with Gasteiger partial charge in [-0.1, -0.05) is 17.7 Å². The van der Waals surface area contributed by atoms with Crippen LogP contribution in [0.4, 0.5) is 5.69 Å². The summed E-state index contributed by atoms with van der Waals surface area (Å²) in [7, 11) is 0. The number of anilines is 1. The van der Waals surface area contributed by atoms with Crippen molar-refractivity contribution in [3.63, 3.8) is 0 Å². The van der Waals surface area contributed by atoms with Crippen LogP contribution in [0.25, 0.3) is 0 Å². The first kappa shape index (κ1) is 16.4. The molecule has 1 aromatic carbocycles. The van der Waals surface area contributed by atoms with Crippen molar-refractivity contribution < 1.29 is 4.79 Å². The van der Waals surface area contributed by atoms with Crippen molar-refractivity contribution in [1.29, 1.82) is 0 Å². The molecule has 2 saturated heterocycles. The second-order valence-electron chi connectivity index (χ2n) is 6.83. The lowest BCUT2D eigenvalue weighted by molar-refractivity contribution is -0.117. The van der Waals surface area contributed by atoms with Gasteiger partial charge in [0.25, 0.3) is 0 Å². The predicted molar refractivity (Wildman–Crippen MR) is 93.8 cm³/mol. The Balaban J connectivity index is 1.48. The molecular weight excluding hydrogens is 288 g/mol. The fraction of sp³-hybridized carbons (Fsp3) is 0.611. The van der Waals surface area contributed by atoms with Crippen LogP contribution in [-0.4, -0.2) is 67.6 Å². The Kier molecular flexibility index (Phi) is 5.30. The number of likely N-dealkylation sites (tertiary alicyclic amines) is 1. The lowest BCUT2D eigenvalue weighted by Gasteiger charge is -2.32. The molecule has 2 aliphatic rings. The molecule has 126 valence electrons. The lowest BCUT2D eigenvalue weighted by atomic mass is 10.1. The second kappa shape index (κ2) is 7.43. The molecule has 2 N–H and O–H groups in total. The zero-order valence-electron chi connectivity index (χ0n) is 14.3. The van der Waals surface area contributed by atoms with E-state index in [-0.39, 0.29) is 5.91 Å². The fourth-order valence-corrected chi connectivity index (χ4v) is 3.65. The number of carbonyl (C=O) groups is 1. The first-order valence-electron chi connectivity index (χ1n) is 8.66. The maximum absolute atomic E-state index is 12.3. The van der Waals surface area contributed by atoms with Crippen LogP contribution in [0.3, 0.4) is 0 Å². The van der Waals surface area contributed by atoms with Gasteiger partial charge in [-0.15, -0.1) is 0 Å². The molecular formula is C18H28N4O. The van der Waals surface area contributed by atoms with E-state index in [1.807, 2.05) is 19.1 Å². The molecule has 2 aliphatic heterocycles. The van der Waals surface area contributed by atoms with Crippen molar-refractivity contribution in [2.45, 2.75) is 26.3 Å². The summed E-state index contributed by atoms with van der Waals surface area (Å²) in [5.74, 6) is 0.0953. The van der Waals surface area contributed by atoms with E-state index in [1.54, 1.807) is 0 Å². The van der Waals surface area contributed by atoms with Gasteiger partial charge in [-0.3, -0.25) is 14.6 Å². The zero-order valence-corrected chi connectivity index (χ0v) is 14.3. The molecule has 23 heavy (non-hydrogen) atoms. The van der Waals surface area contributed by atoms with Crippen molar-refractivity contribution >= 4 is 11.6 Å². The Morgan fingerprint density at radius 3 is 2.78 bits per heavy atom. The lowest BCUT2D eigenvalue weighted by Crippen LogP contribution is -2.49. The molecule has 0 bridgehead atoms. The molecule has 0 radical (unpaired) electrons. The van der Waals surface area contributed by atoms with Crippen molar-refractivity contribution in [2.24, 2.45) is 0 Å². The topological polar surface area (TPSA) is 47.6 Å². The van der Waals surface area contributed by atoms with Gasteiger partial charge in [-0.2, -0.15) is 0 Å². The first-order valence-corrected chi connectivity index (χ1v) is 8.66. The third-order valence-corrected chi connectivity index (χ3v) is 4.94. The summed E-state index contributed by atoms with van der Waals surface area (Å²) < 4.78 is 0. The van der Waals surface area contributed by atoms with Gasteiger partial charge in [0.05, 0.1) is 6.54 Å². The van der Waals surface area contributed by atoms with Gasteiger partial charge in [0, 0.05) is 51.0 Å². The number of piperazine rings is 1. The van der Waals surface area contributed by atoms with Crippen molar-refractivity contribution in [1.82, 2.24) is 15.1 Å². The Hall–Kier alpha value is -1.43. The van der Waals surface area contributed by atoms with E-state index in [0.717, 1.165) is 50.5 Å². The van der Waals surface area contributed by atoms with Crippen LogP contribution in [0.15, 0.2) is 18.2 Å². The molecule has 0 aliphatic carbocycles. The Bertz CT molecular complexity index is 554. The SMILES string of the molecule is Cc1ccc(NC(=O)CN2CCC(N3CCNCC3)C2)c(C)c1. The summed E-state index contributed by atoms with van der Waals surface area (Å²) in [6.07, 6.45) is 1.18. The van der Waals surface area contributed by atoms with E-state index in [2.05, 4.69) is 33.4 Å². The highest BCUT2D eigenvalue weighted by molar-refractivity contribution is 5.93. The van der Waals surface area contributed by atoms with Gasteiger partial charge in [0.1, 0.15) is 0 Å². The van der Waals surface area contributed by atoms with Gasteiger partial charge in [-0.05, 0) is 31.9 Å². The smallest absolute Gasteiger partial charge is 0.238 e. The van der Waals surface area contributed by atoms with E-state index in [9.17, 15) is 4.79 Å². The Labute approximate surface area is 139 Å². The number of benzene rings is 1. The first-order chi connectivity index (χ1) is 11.1. The van der Waals surface area contributed by atoms with Gasteiger partial charge in [0.2, 0.25) is 5.91 Å². The van der Waals surface area contributed by atoms with Gasteiger partial charge >= 0.3 is 0 Å². The molecule has 5 nitrogen and oxygen atoms in total. The molecule has 2 heterocycles. The van der Waals surface area contributed by atoms with E-state index >= 15 is 0 Å². The average Bonchev–Trinajstić information content (AvgIpc) is 2.99. The molecule has 3 rings (SSSR count). The van der Waals surface area contributed by atoms with E-state index in [1.165, 1.54) is 12.0 Å². The fourth-order valence-electron chi connectivity index (χ4n) is 3.65. The largest absolute Gasteiger partial charge is 0.325 e. The molecule has 0 aromatic heterocycles. The summed E-state index contributed by atoms with van der Waals surface area (Å²) in [6.45, 7) is 11.1. The van der Waals surface area contributed by atoms with Crippen LogP contribution in [0, 0.1) is 13.8 Å². The van der Waals surface area contributed by atoms with Crippen molar-refractivity contribution in [3.05, 3.63) is 29.3 Å². The molecule has 2 fully saturated rings. The number of nitrogens with one attached hydrogen (secondary N) is 2. The van der Waals surface area contributed by atoms with E-state index < -0.39 is 0 Å². The summed E-state index contributed by atoms with van der Waals surface area (Å²) in [6, 6.07) is 6.76. The van der Waals surface area contributed by atoms with Gasteiger partial charge < -0.3 is 10.6 Å². The van der Waals surface area contributed by atoms with Gasteiger partial charge in [-0.25, -0.2) is 0 Å². The summed E-state index contributed by atoms with van der Waals surface area (Å²) in [4.78, 5) is 17.2. The number of aryl methyl sites for hydroxylation is 2. The third-order valence-electron chi connectivity index (χ3n) is 4.94. The highest BCUT2D eigenvalue weighted by atomic mass is 16.2. The standard InChI is InChI=1S/C18H28N4O/c1-14-3-4-17(15(2)11-14)20-18(23)13-21-8-5-16(12-21)22-9-6-19-7-10-22/h3-4,11,16,19H,5-10,12-13H2,1-2H3,(H,20,23). The monoisotopic (exact) mass is 316 g/mol. The molecule has 0 saturated carbocycles. The maximum atomic E-state index is 12.3. The number of hydrogen-bond donors (Lipinski definition) is 2. The van der Waals surface area contributed by atoms with Crippen LogP contribution >= 0.6 is 0 Å². The number of rotatable bonds is 4. The molecule has 0 spiro atoms. The van der Waals surface area contributed by atoms with Crippen molar-refractivity contribution in [3.8, 4) is 0 Å². The maximum Gasteiger partial charge on any atom is 0.238 e. The molecule has 1 amide bonds. The minimum atomic E-state index is 0.0953. The quantitative estimate of drug-likeness (QED) is 0.877. The molecule has 5 heteroatoms. The second-order valence-corrected chi connectivity index (χ2v) is 6.83. The summed E-state index contributed by atoms with van der Waals surface area (Å²) in [5, 5.41) is 6.45. The summed E-state index contributed by atoms with van der Waals surface area (Å²) in [5.41, 5.74) is 3.27. The highest BCUT2D eigenvalue weighted by Gasteiger charge is 2.29. The highest BCUT2D eigenvalue weighted by Crippen LogP contribution is 2.18. The third kappa shape index (κ3) is 4.31. The average molecular weight is 316 g/mol. The number of amides is 1. The zero-order chi connectivity index (χ0) is 16.2. The van der Waals surface area contributed by atoms with Crippen LogP contribution < -0.4 is 10.6 Å². The van der Waals surface area contributed by atoms with Crippen LogP contribution in [0.5, 0.6) is 0 Å². The van der Waals surface area contributed by atoms with Crippen molar-refractivity contribution in [2.75, 3.05) is 51.1 Å². The van der Waals surface area contributed by atoms with Crippen LogP contribution in [0.1, 0.15) is 17.5 Å². The Morgan fingerprint density at radius 1 is 1.26 bits per heavy atom. The molecule has 1 atom stereocenters. The normalized spacial score (nSPS) is 23.1. The number of carbonyl (C=O) groups excluding carboxylic acids is 1. The van der Waals surface area contributed by atoms with Gasteiger partial charge in [0.15, 0.2) is 0 Å². The van der Waals surface area contributed by atoms with E-state index in [4.69, 9.17) is 0 Å². The summed E-state index contributed by atoms with van der Waals surface area (Å²) >= 11 is 0. The predicted octanol–water partition coefficient (Wildman–Crippen LogP) is 1.22. The van der Waals surface area contributed by atoms with Crippen LogP contribution in [-0.2, 0) is 4.79 Å². The Morgan fingerprint density at radius 2 is 2.04 bits per heavy atom. The minimum Gasteiger partial charge on any atom is -0.325 e. The number of hydrogen-bond acceptors (Lipinski definition) is 4. The minimum absolute atomic E-state index is 0.0953. The molecule has 1 aromatic rings. The molecule has 1 unspecified atom stereocenters.